The number of nitrogens with zero attached hydrogens (tertiary/aromatic N) is 3. The molecule has 24 heavy (non-hydrogen) atoms. The number of aryl methyl sites for hydroxylation is 1. The van der Waals surface area contributed by atoms with Crippen LogP contribution < -0.4 is 10.7 Å². The molecule has 0 N–H and O–H groups in total. The van der Waals surface area contributed by atoms with Gasteiger partial charge in [-0.1, -0.05) is 12.1 Å². The molecule has 2 heterocycles. The van der Waals surface area contributed by atoms with Crippen LogP contribution in [0.15, 0.2) is 35.4 Å². The Morgan fingerprint density at radius 1 is 1.29 bits per heavy atom. The molecule has 0 unspecified atom stereocenters. The number of para-hydroxylation sites is 1. The van der Waals surface area contributed by atoms with E-state index in [4.69, 9.17) is 0 Å². The first-order valence-electron chi connectivity index (χ1n) is 8.02. The molecule has 1 aliphatic heterocycles. The van der Waals surface area contributed by atoms with Crippen molar-refractivity contribution in [3.8, 4) is 0 Å². The van der Waals surface area contributed by atoms with Crippen LogP contribution in [0.4, 0.5) is 0 Å². The van der Waals surface area contributed by atoms with Crippen LogP contribution in [0.3, 0.4) is 0 Å². The number of carboxylic acids is 1. The summed E-state index contributed by atoms with van der Waals surface area (Å²) < 4.78 is 1.48. The standard InChI is InChI=1S/C17H19N3O4/c21-15(20-10-3-7-14(20)17(23)24)8-4-9-19-11-18-13-6-2-1-5-12(13)16(19)22/h1-2,5-6,11,14H,3-4,7-10H2,(H,23,24)/p-1/t14-/m1/s1. The fourth-order valence-electron chi connectivity index (χ4n) is 3.12. The molecule has 0 radical (unpaired) electrons. The summed E-state index contributed by atoms with van der Waals surface area (Å²) >= 11 is 0. The molecule has 3 rings (SSSR count). The van der Waals surface area contributed by atoms with Crippen LogP contribution in [0.25, 0.3) is 10.9 Å². The van der Waals surface area contributed by atoms with Gasteiger partial charge >= 0.3 is 0 Å². The Kier molecular flexibility index (Phi) is 4.59. The van der Waals surface area contributed by atoms with E-state index in [2.05, 4.69) is 4.98 Å². The van der Waals surface area contributed by atoms with E-state index in [1.54, 1.807) is 18.2 Å². The third-order valence-corrected chi connectivity index (χ3v) is 4.37. The number of aliphatic carboxylic acids is 1. The smallest absolute Gasteiger partial charge is 0.261 e. The Balaban J connectivity index is 1.62. The zero-order valence-corrected chi connectivity index (χ0v) is 13.2. The van der Waals surface area contributed by atoms with E-state index in [0.717, 1.165) is 0 Å². The van der Waals surface area contributed by atoms with Crippen molar-refractivity contribution >= 4 is 22.8 Å². The molecule has 7 heteroatoms. The fraction of sp³-hybridized carbons (Fsp3) is 0.412. The Morgan fingerprint density at radius 3 is 2.88 bits per heavy atom. The lowest BCUT2D eigenvalue weighted by molar-refractivity contribution is -0.310. The highest BCUT2D eigenvalue weighted by Gasteiger charge is 2.28. The second-order valence-corrected chi connectivity index (χ2v) is 5.93. The lowest BCUT2D eigenvalue weighted by Crippen LogP contribution is -2.47. The van der Waals surface area contributed by atoms with Crippen molar-refractivity contribution in [3.63, 3.8) is 0 Å². The Bertz CT molecular complexity index is 830. The van der Waals surface area contributed by atoms with Crippen molar-refractivity contribution in [2.75, 3.05) is 6.54 Å². The van der Waals surface area contributed by atoms with Gasteiger partial charge in [-0.2, -0.15) is 0 Å². The van der Waals surface area contributed by atoms with Gasteiger partial charge < -0.3 is 14.8 Å². The average Bonchev–Trinajstić information content (AvgIpc) is 3.07. The average molecular weight is 328 g/mol. The van der Waals surface area contributed by atoms with Crippen LogP contribution in [-0.4, -0.2) is 38.9 Å². The first-order valence-corrected chi connectivity index (χ1v) is 8.02. The maximum Gasteiger partial charge on any atom is 0.261 e. The first kappa shape index (κ1) is 16.2. The largest absolute Gasteiger partial charge is 0.548 e. The fourth-order valence-corrected chi connectivity index (χ4v) is 3.12. The normalized spacial score (nSPS) is 17.3. The summed E-state index contributed by atoms with van der Waals surface area (Å²) in [6.45, 7) is 0.821. The van der Waals surface area contributed by atoms with E-state index in [1.165, 1.54) is 15.8 Å². The number of carboxylic acid groups (broad SMARTS) is 1. The molecule has 1 atom stereocenters. The van der Waals surface area contributed by atoms with Crippen LogP contribution in [0.2, 0.25) is 0 Å². The molecule has 126 valence electrons. The number of likely N-dealkylation sites (tertiary alicyclic amines) is 1. The van der Waals surface area contributed by atoms with Gasteiger partial charge in [-0.3, -0.25) is 14.2 Å². The molecule has 2 aromatic rings. The number of fused-ring (bicyclic) bond motifs is 1. The maximum atomic E-state index is 12.3. The summed E-state index contributed by atoms with van der Waals surface area (Å²) in [6.07, 6.45) is 3.26. The molecule has 0 bridgehead atoms. The number of amides is 1. The number of carbonyl (C=O) groups excluding carboxylic acids is 2. The highest BCUT2D eigenvalue weighted by atomic mass is 16.4. The van der Waals surface area contributed by atoms with Crippen LogP contribution in [0, 0.1) is 0 Å². The summed E-state index contributed by atoms with van der Waals surface area (Å²) in [7, 11) is 0. The lowest BCUT2D eigenvalue weighted by atomic mass is 10.2. The number of hydrogen-bond donors (Lipinski definition) is 0. The molecule has 1 saturated heterocycles. The molecule has 1 amide bonds. The SMILES string of the molecule is O=C([O-])[C@H]1CCCN1C(=O)CCCn1cnc2ccccc2c1=O. The third kappa shape index (κ3) is 3.15. The monoisotopic (exact) mass is 328 g/mol. The molecule has 0 aliphatic carbocycles. The minimum atomic E-state index is -1.20. The highest BCUT2D eigenvalue weighted by molar-refractivity contribution is 5.83. The quantitative estimate of drug-likeness (QED) is 0.765. The molecule has 7 nitrogen and oxygen atoms in total. The zero-order valence-electron chi connectivity index (χ0n) is 13.2. The summed E-state index contributed by atoms with van der Waals surface area (Å²) in [5.74, 6) is -1.40. The molecular formula is C17H18N3O4-. The van der Waals surface area contributed by atoms with Crippen molar-refractivity contribution in [1.82, 2.24) is 14.5 Å². The van der Waals surface area contributed by atoms with Gasteiger partial charge in [0.05, 0.1) is 29.2 Å². The number of rotatable bonds is 5. The second kappa shape index (κ2) is 6.82. The van der Waals surface area contributed by atoms with E-state index >= 15 is 0 Å². The summed E-state index contributed by atoms with van der Waals surface area (Å²) in [6, 6.07) is 6.29. The minimum absolute atomic E-state index is 0.137. The highest BCUT2D eigenvalue weighted by Crippen LogP contribution is 2.18. The summed E-state index contributed by atoms with van der Waals surface area (Å²) in [4.78, 5) is 41.2. The van der Waals surface area contributed by atoms with Gasteiger partial charge in [0.25, 0.3) is 5.56 Å². The van der Waals surface area contributed by atoms with Crippen molar-refractivity contribution in [2.24, 2.45) is 0 Å². The Hall–Kier alpha value is -2.70. The Morgan fingerprint density at radius 2 is 2.08 bits per heavy atom. The van der Waals surface area contributed by atoms with Gasteiger partial charge in [0.1, 0.15) is 0 Å². The van der Waals surface area contributed by atoms with Gasteiger partial charge in [0.2, 0.25) is 5.91 Å². The van der Waals surface area contributed by atoms with Gasteiger partial charge in [0, 0.05) is 19.5 Å². The zero-order chi connectivity index (χ0) is 17.1. The van der Waals surface area contributed by atoms with Gasteiger partial charge in [-0.05, 0) is 31.4 Å². The topological polar surface area (TPSA) is 95.3 Å². The second-order valence-electron chi connectivity index (χ2n) is 5.93. The van der Waals surface area contributed by atoms with Crippen LogP contribution in [0.5, 0.6) is 0 Å². The van der Waals surface area contributed by atoms with Gasteiger partial charge in [-0.25, -0.2) is 4.98 Å². The first-order chi connectivity index (χ1) is 11.6. The number of carbonyl (C=O) groups is 2. The number of hydrogen-bond acceptors (Lipinski definition) is 5. The van der Waals surface area contributed by atoms with Crippen molar-refractivity contribution < 1.29 is 14.7 Å². The molecule has 1 aromatic heterocycles. The van der Waals surface area contributed by atoms with Crippen molar-refractivity contribution in [2.45, 2.75) is 38.3 Å². The van der Waals surface area contributed by atoms with Crippen LogP contribution >= 0.6 is 0 Å². The predicted molar refractivity (Wildman–Crippen MR) is 85.0 cm³/mol. The third-order valence-electron chi connectivity index (χ3n) is 4.37. The van der Waals surface area contributed by atoms with Gasteiger partial charge in [-0.15, -0.1) is 0 Å². The van der Waals surface area contributed by atoms with E-state index < -0.39 is 12.0 Å². The minimum Gasteiger partial charge on any atom is -0.548 e. The van der Waals surface area contributed by atoms with Gasteiger partial charge in [0.15, 0.2) is 0 Å². The molecule has 1 aromatic carbocycles. The van der Waals surface area contributed by atoms with E-state index in [1.807, 2.05) is 6.07 Å². The van der Waals surface area contributed by atoms with E-state index in [0.29, 0.717) is 43.3 Å². The Labute approximate surface area is 138 Å². The van der Waals surface area contributed by atoms with E-state index in [-0.39, 0.29) is 17.9 Å². The lowest BCUT2D eigenvalue weighted by Gasteiger charge is -2.25. The van der Waals surface area contributed by atoms with Crippen molar-refractivity contribution in [1.29, 1.82) is 0 Å². The molecule has 0 saturated carbocycles. The van der Waals surface area contributed by atoms with E-state index in [9.17, 15) is 19.5 Å². The van der Waals surface area contributed by atoms with Crippen LogP contribution in [-0.2, 0) is 16.1 Å². The molecule has 0 spiro atoms. The predicted octanol–water partition coefficient (Wildman–Crippen LogP) is -0.0824. The number of benzene rings is 1. The van der Waals surface area contributed by atoms with Crippen LogP contribution in [0.1, 0.15) is 25.7 Å². The molecule has 1 aliphatic rings. The maximum absolute atomic E-state index is 12.3. The molecular weight excluding hydrogens is 310 g/mol. The molecule has 1 fully saturated rings. The number of aromatic nitrogens is 2. The summed E-state index contributed by atoms with van der Waals surface area (Å²) in [5, 5.41) is 11.6. The van der Waals surface area contributed by atoms with Crippen molar-refractivity contribution in [3.05, 3.63) is 40.9 Å². The summed E-state index contributed by atoms with van der Waals surface area (Å²) in [5.41, 5.74) is 0.505.